The molecule has 0 aromatic heterocycles. The number of carbonyl (C=O) groups is 1. The van der Waals surface area contributed by atoms with Crippen LogP contribution in [0.2, 0.25) is 5.02 Å². The molecule has 2 aromatic carbocycles. The van der Waals surface area contributed by atoms with Crippen LogP contribution >= 0.6 is 11.6 Å². The monoisotopic (exact) mass is 376 g/mol. The van der Waals surface area contributed by atoms with Crippen molar-refractivity contribution in [3.8, 4) is 23.0 Å². The highest BCUT2D eigenvalue weighted by molar-refractivity contribution is 6.32. The third kappa shape index (κ3) is 4.92. The maximum absolute atomic E-state index is 10.9. The fourth-order valence-electron chi connectivity index (χ4n) is 2.37. The third-order valence-electron chi connectivity index (χ3n) is 3.58. The number of carbonyl (C=O) groups excluding carboxylic acids is 1. The first-order valence-corrected chi connectivity index (χ1v) is 8.36. The van der Waals surface area contributed by atoms with E-state index in [4.69, 9.17) is 30.5 Å². The van der Waals surface area contributed by atoms with Crippen molar-refractivity contribution in [2.45, 2.75) is 6.42 Å². The lowest BCUT2D eigenvalue weighted by Crippen LogP contribution is -2.10. The predicted octanol–water partition coefficient (Wildman–Crippen LogP) is 4.36. The Morgan fingerprint density at radius 1 is 1.00 bits per heavy atom. The van der Waals surface area contributed by atoms with E-state index in [1.165, 1.54) is 13.2 Å². The van der Waals surface area contributed by atoms with Crippen LogP contribution < -0.4 is 18.9 Å². The number of benzene rings is 2. The fraction of sp³-hybridized carbons (Fsp3) is 0.250. The normalized spacial score (nSPS) is 10.1. The molecule has 0 saturated heterocycles. The van der Waals surface area contributed by atoms with Gasteiger partial charge in [0.1, 0.15) is 19.5 Å². The van der Waals surface area contributed by atoms with Gasteiger partial charge < -0.3 is 18.9 Å². The van der Waals surface area contributed by atoms with E-state index >= 15 is 0 Å². The molecule has 0 N–H and O–H groups in total. The Hall–Kier alpha value is -2.66. The topological polar surface area (TPSA) is 54.0 Å². The molecule has 26 heavy (non-hydrogen) atoms. The average Bonchev–Trinajstić information content (AvgIpc) is 2.66. The van der Waals surface area contributed by atoms with Crippen LogP contribution in [0.25, 0.3) is 0 Å². The third-order valence-corrected chi connectivity index (χ3v) is 3.86. The molecule has 0 fully saturated rings. The molecular weight excluding hydrogens is 356 g/mol. The first-order valence-electron chi connectivity index (χ1n) is 7.99. The van der Waals surface area contributed by atoms with Gasteiger partial charge in [0.2, 0.25) is 0 Å². The van der Waals surface area contributed by atoms with Crippen LogP contribution in [0.5, 0.6) is 23.0 Å². The van der Waals surface area contributed by atoms with E-state index in [-0.39, 0.29) is 13.2 Å². The zero-order chi connectivity index (χ0) is 18.9. The standard InChI is InChI=1S/C20H21ClO5/c1-4-5-14-6-7-17(18(11-14)23-2)25-8-9-26-20-16(21)10-15(13-22)12-19(20)24-3/h4,6-7,10-13H,1,5,8-9H2,2-3H3. The molecular formula is C20H21ClO5. The molecule has 0 amide bonds. The molecule has 0 heterocycles. The lowest BCUT2D eigenvalue weighted by atomic mass is 10.1. The van der Waals surface area contributed by atoms with Gasteiger partial charge in [0.05, 0.1) is 19.2 Å². The van der Waals surface area contributed by atoms with E-state index in [2.05, 4.69) is 6.58 Å². The molecule has 0 unspecified atom stereocenters. The molecule has 0 bridgehead atoms. The molecule has 0 aliphatic carbocycles. The predicted molar refractivity (Wildman–Crippen MR) is 101 cm³/mol. The van der Waals surface area contributed by atoms with E-state index in [1.807, 2.05) is 24.3 Å². The molecule has 138 valence electrons. The van der Waals surface area contributed by atoms with Gasteiger partial charge in [-0.1, -0.05) is 23.7 Å². The quantitative estimate of drug-likeness (QED) is 0.350. The van der Waals surface area contributed by atoms with Gasteiger partial charge in [-0.15, -0.1) is 6.58 Å². The van der Waals surface area contributed by atoms with Crippen LogP contribution in [0.1, 0.15) is 15.9 Å². The van der Waals surface area contributed by atoms with Crippen LogP contribution in [-0.4, -0.2) is 33.7 Å². The second-order valence-corrected chi connectivity index (χ2v) is 5.73. The largest absolute Gasteiger partial charge is 0.493 e. The average molecular weight is 377 g/mol. The Kier molecular flexibility index (Phi) is 7.36. The first kappa shape index (κ1) is 19.7. The molecule has 5 nitrogen and oxygen atoms in total. The van der Waals surface area contributed by atoms with Gasteiger partial charge in [-0.2, -0.15) is 0 Å². The summed E-state index contributed by atoms with van der Waals surface area (Å²) in [7, 11) is 3.08. The Morgan fingerprint density at radius 2 is 1.73 bits per heavy atom. The fourth-order valence-corrected chi connectivity index (χ4v) is 2.64. The molecule has 0 saturated carbocycles. The molecule has 0 spiro atoms. The minimum atomic E-state index is 0.244. The number of allylic oxidation sites excluding steroid dienone is 1. The molecule has 2 aromatic rings. The second-order valence-electron chi connectivity index (χ2n) is 5.33. The minimum absolute atomic E-state index is 0.244. The molecule has 0 radical (unpaired) electrons. The summed E-state index contributed by atoms with van der Waals surface area (Å²) in [6.45, 7) is 4.25. The maximum atomic E-state index is 10.9. The van der Waals surface area contributed by atoms with Crippen molar-refractivity contribution in [1.82, 2.24) is 0 Å². The number of ether oxygens (including phenoxy) is 4. The van der Waals surface area contributed by atoms with Crippen LogP contribution in [-0.2, 0) is 6.42 Å². The smallest absolute Gasteiger partial charge is 0.179 e. The SMILES string of the molecule is C=CCc1ccc(OCCOc2c(Cl)cc(C=O)cc2OC)c(OC)c1. The summed E-state index contributed by atoms with van der Waals surface area (Å²) >= 11 is 6.15. The maximum Gasteiger partial charge on any atom is 0.179 e. The van der Waals surface area contributed by atoms with Gasteiger partial charge >= 0.3 is 0 Å². The number of aldehydes is 1. The van der Waals surface area contributed by atoms with Gasteiger partial charge in [0, 0.05) is 5.56 Å². The van der Waals surface area contributed by atoms with Crippen molar-refractivity contribution in [2.75, 3.05) is 27.4 Å². The van der Waals surface area contributed by atoms with Crippen molar-refractivity contribution < 1.29 is 23.7 Å². The highest BCUT2D eigenvalue weighted by Gasteiger charge is 2.12. The van der Waals surface area contributed by atoms with Crippen molar-refractivity contribution in [1.29, 1.82) is 0 Å². The molecule has 0 aliphatic rings. The lowest BCUT2D eigenvalue weighted by molar-refractivity contribution is 0.112. The van der Waals surface area contributed by atoms with Gasteiger partial charge in [-0.05, 0) is 36.2 Å². The Balaban J connectivity index is 1.99. The number of hydrogen-bond acceptors (Lipinski definition) is 5. The van der Waals surface area contributed by atoms with E-state index in [1.54, 1.807) is 13.2 Å². The summed E-state index contributed by atoms with van der Waals surface area (Å²) in [6.07, 6.45) is 3.29. The van der Waals surface area contributed by atoms with Crippen LogP contribution in [0.3, 0.4) is 0 Å². The molecule has 0 aliphatic heterocycles. The summed E-state index contributed by atoms with van der Waals surface area (Å²) in [5.74, 6) is 2.04. The van der Waals surface area contributed by atoms with Crippen LogP contribution in [0.4, 0.5) is 0 Å². The van der Waals surface area contributed by atoms with Gasteiger partial charge in [0.15, 0.2) is 23.0 Å². The number of halogens is 1. The number of methoxy groups -OCH3 is 2. The molecule has 2 rings (SSSR count). The number of rotatable bonds is 10. The Labute approximate surface area is 158 Å². The van der Waals surface area contributed by atoms with Crippen LogP contribution in [0.15, 0.2) is 43.0 Å². The van der Waals surface area contributed by atoms with Crippen molar-refractivity contribution >= 4 is 17.9 Å². The zero-order valence-corrected chi connectivity index (χ0v) is 15.5. The highest BCUT2D eigenvalue weighted by Crippen LogP contribution is 2.36. The zero-order valence-electron chi connectivity index (χ0n) is 14.8. The first-order chi connectivity index (χ1) is 12.6. The van der Waals surface area contributed by atoms with E-state index < -0.39 is 0 Å². The Bertz CT molecular complexity index is 773. The number of hydrogen-bond donors (Lipinski definition) is 0. The van der Waals surface area contributed by atoms with Gasteiger partial charge in [-0.25, -0.2) is 0 Å². The second kappa shape index (κ2) is 9.73. The molecule has 6 heteroatoms. The summed E-state index contributed by atoms with van der Waals surface area (Å²) in [6, 6.07) is 8.81. The summed E-state index contributed by atoms with van der Waals surface area (Å²) in [5.41, 5.74) is 1.51. The van der Waals surface area contributed by atoms with Crippen molar-refractivity contribution in [2.24, 2.45) is 0 Å². The highest BCUT2D eigenvalue weighted by atomic mass is 35.5. The van der Waals surface area contributed by atoms with E-state index in [0.29, 0.717) is 39.9 Å². The Morgan fingerprint density at radius 3 is 2.38 bits per heavy atom. The summed E-state index contributed by atoms with van der Waals surface area (Å²) in [4.78, 5) is 10.9. The van der Waals surface area contributed by atoms with Crippen LogP contribution in [0, 0.1) is 0 Å². The lowest BCUT2D eigenvalue weighted by Gasteiger charge is -2.15. The molecule has 0 atom stereocenters. The van der Waals surface area contributed by atoms with Crippen molar-refractivity contribution in [3.05, 3.63) is 59.1 Å². The van der Waals surface area contributed by atoms with Crippen molar-refractivity contribution in [3.63, 3.8) is 0 Å². The minimum Gasteiger partial charge on any atom is -0.493 e. The summed E-state index contributed by atoms with van der Waals surface area (Å²) < 4.78 is 22.0. The van der Waals surface area contributed by atoms with E-state index in [0.717, 1.165) is 12.0 Å². The van der Waals surface area contributed by atoms with E-state index in [9.17, 15) is 4.79 Å². The van der Waals surface area contributed by atoms with Gasteiger partial charge in [-0.3, -0.25) is 4.79 Å². The summed E-state index contributed by atoms with van der Waals surface area (Å²) in [5, 5.41) is 0.304. The van der Waals surface area contributed by atoms with Gasteiger partial charge in [0.25, 0.3) is 0 Å².